The van der Waals surface area contributed by atoms with Gasteiger partial charge in [-0.15, -0.1) is 0 Å². The summed E-state index contributed by atoms with van der Waals surface area (Å²) in [6.07, 6.45) is -3.55. The van der Waals surface area contributed by atoms with Crippen molar-refractivity contribution in [2.45, 2.75) is 45.3 Å². The van der Waals surface area contributed by atoms with Crippen molar-refractivity contribution in [2.75, 3.05) is 0 Å². The molecule has 0 aliphatic heterocycles. The van der Waals surface area contributed by atoms with Crippen LogP contribution in [0, 0.1) is 5.82 Å². The van der Waals surface area contributed by atoms with Gasteiger partial charge in [-0.2, -0.15) is 13.2 Å². The molecule has 0 aliphatic carbocycles. The molecule has 0 aromatic heterocycles. The molecule has 0 fully saturated rings. The topological polar surface area (TPSA) is 75.6 Å². The fourth-order valence-electron chi connectivity index (χ4n) is 3.70. The van der Waals surface area contributed by atoms with Crippen LogP contribution in [0.4, 0.5) is 17.6 Å². The van der Waals surface area contributed by atoms with E-state index in [4.69, 9.17) is 9.84 Å². The molecule has 3 aromatic rings. The predicted molar refractivity (Wildman–Crippen MR) is 126 cm³/mol. The van der Waals surface area contributed by atoms with Gasteiger partial charge in [-0.25, -0.2) is 4.39 Å². The Hall–Kier alpha value is -3.88. The van der Waals surface area contributed by atoms with Crippen LogP contribution in [-0.2, 0) is 23.8 Å². The number of carboxylic acid groups (broad SMARTS) is 1. The maximum atomic E-state index is 14.2. The first-order valence-electron chi connectivity index (χ1n) is 11.3. The van der Waals surface area contributed by atoms with Gasteiger partial charge >= 0.3 is 12.1 Å². The molecule has 3 rings (SSSR count). The number of benzene rings is 3. The van der Waals surface area contributed by atoms with E-state index >= 15 is 0 Å². The number of amides is 1. The number of hydrogen-bond acceptors (Lipinski definition) is 3. The molecule has 190 valence electrons. The highest BCUT2D eigenvalue weighted by atomic mass is 19.4. The van der Waals surface area contributed by atoms with E-state index in [9.17, 15) is 27.2 Å². The number of hydrogen-bond donors (Lipinski definition) is 2. The molecule has 0 aliphatic rings. The largest absolute Gasteiger partial charge is 0.481 e. The van der Waals surface area contributed by atoms with Crippen molar-refractivity contribution in [3.8, 4) is 11.5 Å². The molecule has 5 nitrogen and oxygen atoms in total. The Kier molecular flexibility index (Phi) is 8.34. The van der Waals surface area contributed by atoms with Gasteiger partial charge in [-0.05, 0) is 78.9 Å². The maximum Gasteiger partial charge on any atom is 0.416 e. The second kappa shape index (κ2) is 11.2. The van der Waals surface area contributed by atoms with E-state index in [0.29, 0.717) is 42.0 Å². The van der Waals surface area contributed by atoms with E-state index in [1.165, 1.54) is 0 Å². The minimum atomic E-state index is -4.71. The average molecular weight is 503 g/mol. The van der Waals surface area contributed by atoms with Gasteiger partial charge < -0.3 is 15.2 Å². The van der Waals surface area contributed by atoms with Gasteiger partial charge in [0, 0.05) is 6.42 Å². The Bertz CT molecular complexity index is 1260. The van der Waals surface area contributed by atoms with Crippen molar-refractivity contribution in [1.29, 1.82) is 0 Å². The zero-order chi connectivity index (χ0) is 26.5. The lowest BCUT2D eigenvalue weighted by molar-refractivity contribution is -0.138. The third-order valence-electron chi connectivity index (χ3n) is 5.65. The van der Waals surface area contributed by atoms with Gasteiger partial charge in [0.05, 0.1) is 17.2 Å². The summed E-state index contributed by atoms with van der Waals surface area (Å²) >= 11 is 0. The first-order chi connectivity index (χ1) is 17.0. The molecule has 1 atom stereocenters. The number of halogens is 4. The zero-order valence-corrected chi connectivity index (χ0v) is 19.7. The normalized spacial score (nSPS) is 12.2. The number of ether oxygens (including phenoxy) is 1. The van der Waals surface area contributed by atoms with Gasteiger partial charge in [0.15, 0.2) is 0 Å². The number of carbonyl (C=O) groups excluding carboxylic acids is 1. The Labute approximate surface area is 205 Å². The predicted octanol–water partition coefficient (Wildman–Crippen LogP) is 6.71. The van der Waals surface area contributed by atoms with E-state index in [-0.39, 0.29) is 6.42 Å². The number of alkyl halides is 3. The van der Waals surface area contributed by atoms with Crippen LogP contribution in [0.2, 0.25) is 0 Å². The number of aryl methyl sites for hydroxylation is 2. The Morgan fingerprint density at radius 2 is 1.72 bits per heavy atom. The molecule has 2 N–H and O–H groups in total. The lowest BCUT2D eigenvalue weighted by Gasteiger charge is -2.17. The lowest BCUT2D eigenvalue weighted by Crippen LogP contribution is -2.27. The molecule has 0 radical (unpaired) electrons. The second-order valence-corrected chi connectivity index (χ2v) is 8.24. The molecule has 36 heavy (non-hydrogen) atoms. The fraction of sp³-hybridized carbons (Fsp3) is 0.259. The van der Waals surface area contributed by atoms with Crippen LogP contribution < -0.4 is 10.1 Å². The minimum absolute atomic E-state index is 0.0369. The second-order valence-electron chi connectivity index (χ2n) is 8.24. The number of carbonyl (C=O) groups is 2. The average Bonchev–Trinajstić information content (AvgIpc) is 2.82. The standard InChI is InChI=1S/C27H25F4NO4/c1-3-17-13-22(10-7-18(17)8-12-25(33)34)36-21-6-4-5-19(14-21)16(2)32-26(35)23-11-9-20(15-24(23)28)27(29,30)31/h4-7,9-11,13-16H,3,8,12H2,1-2H3,(H,32,35)(H,33,34). The maximum absolute atomic E-state index is 14.2. The first-order valence-corrected chi connectivity index (χ1v) is 11.3. The molecule has 0 spiro atoms. The summed E-state index contributed by atoms with van der Waals surface area (Å²) in [6.45, 7) is 3.62. The van der Waals surface area contributed by atoms with Crippen molar-refractivity contribution in [2.24, 2.45) is 0 Å². The van der Waals surface area contributed by atoms with E-state index < -0.39 is 41.0 Å². The van der Waals surface area contributed by atoms with Crippen molar-refractivity contribution in [3.63, 3.8) is 0 Å². The van der Waals surface area contributed by atoms with Crippen LogP contribution in [0.3, 0.4) is 0 Å². The molecule has 0 saturated heterocycles. The van der Waals surface area contributed by atoms with Gasteiger partial charge in [0.2, 0.25) is 0 Å². The van der Waals surface area contributed by atoms with Crippen LogP contribution in [0.5, 0.6) is 11.5 Å². The monoisotopic (exact) mass is 503 g/mol. The number of carboxylic acids is 1. The zero-order valence-electron chi connectivity index (χ0n) is 19.7. The number of nitrogens with one attached hydrogen (secondary N) is 1. The summed E-state index contributed by atoms with van der Waals surface area (Å²) in [6, 6.07) is 13.5. The van der Waals surface area contributed by atoms with E-state index in [1.54, 1.807) is 37.3 Å². The summed E-state index contributed by atoms with van der Waals surface area (Å²) in [5.41, 5.74) is 0.895. The van der Waals surface area contributed by atoms with Crippen LogP contribution in [0.1, 0.15) is 58.9 Å². The van der Waals surface area contributed by atoms with Crippen LogP contribution in [-0.4, -0.2) is 17.0 Å². The van der Waals surface area contributed by atoms with E-state index in [1.807, 2.05) is 19.1 Å². The van der Waals surface area contributed by atoms with Gasteiger partial charge in [0.25, 0.3) is 5.91 Å². The Morgan fingerprint density at radius 3 is 2.36 bits per heavy atom. The smallest absolute Gasteiger partial charge is 0.416 e. The summed E-state index contributed by atoms with van der Waals surface area (Å²) in [7, 11) is 0. The molecule has 9 heteroatoms. The summed E-state index contributed by atoms with van der Waals surface area (Å²) in [5, 5.41) is 11.5. The van der Waals surface area contributed by atoms with Crippen LogP contribution in [0.25, 0.3) is 0 Å². The third-order valence-corrected chi connectivity index (χ3v) is 5.65. The van der Waals surface area contributed by atoms with E-state index in [2.05, 4.69) is 5.32 Å². The fourth-order valence-corrected chi connectivity index (χ4v) is 3.70. The molecular weight excluding hydrogens is 478 g/mol. The summed E-state index contributed by atoms with van der Waals surface area (Å²) in [4.78, 5) is 23.4. The lowest BCUT2D eigenvalue weighted by atomic mass is 10.0. The molecule has 0 saturated carbocycles. The molecule has 1 unspecified atom stereocenters. The first kappa shape index (κ1) is 26.7. The van der Waals surface area contributed by atoms with Crippen LogP contribution in [0.15, 0.2) is 60.7 Å². The third kappa shape index (κ3) is 6.84. The Morgan fingerprint density at radius 1 is 1.00 bits per heavy atom. The van der Waals surface area contributed by atoms with Crippen molar-refractivity contribution >= 4 is 11.9 Å². The minimum Gasteiger partial charge on any atom is -0.481 e. The van der Waals surface area contributed by atoms with E-state index in [0.717, 1.165) is 17.2 Å². The van der Waals surface area contributed by atoms with Crippen molar-refractivity contribution < 1.29 is 37.0 Å². The highest BCUT2D eigenvalue weighted by Crippen LogP contribution is 2.31. The molecule has 1 amide bonds. The Balaban J connectivity index is 1.71. The summed E-state index contributed by atoms with van der Waals surface area (Å²) < 4.78 is 58.4. The number of aliphatic carboxylic acids is 1. The van der Waals surface area contributed by atoms with Gasteiger partial charge in [-0.1, -0.05) is 25.1 Å². The van der Waals surface area contributed by atoms with Gasteiger partial charge in [0.1, 0.15) is 17.3 Å². The number of rotatable bonds is 9. The molecule has 0 heterocycles. The summed E-state index contributed by atoms with van der Waals surface area (Å²) in [5.74, 6) is -1.92. The van der Waals surface area contributed by atoms with Gasteiger partial charge in [-0.3, -0.25) is 9.59 Å². The highest BCUT2D eigenvalue weighted by Gasteiger charge is 2.31. The molecular formula is C27H25F4NO4. The van der Waals surface area contributed by atoms with Crippen molar-refractivity contribution in [1.82, 2.24) is 5.32 Å². The van der Waals surface area contributed by atoms with Crippen molar-refractivity contribution in [3.05, 3.63) is 94.3 Å². The SMILES string of the molecule is CCc1cc(Oc2cccc(C(C)NC(=O)c3ccc(C(F)(F)F)cc3F)c2)ccc1CCC(=O)O. The molecule has 0 bridgehead atoms. The quantitative estimate of drug-likeness (QED) is 0.319. The molecule has 3 aromatic carbocycles. The van der Waals surface area contributed by atoms with Crippen LogP contribution >= 0.6 is 0 Å². The highest BCUT2D eigenvalue weighted by molar-refractivity contribution is 5.94.